The summed E-state index contributed by atoms with van der Waals surface area (Å²) < 4.78 is 51.8. The van der Waals surface area contributed by atoms with E-state index in [1.165, 1.54) is 4.90 Å². The van der Waals surface area contributed by atoms with Crippen LogP contribution in [0.15, 0.2) is 60.7 Å². The zero-order chi connectivity index (χ0) is 27.4. The van der Waals surface area contributed by atoms with Crippen molar-refractivity contribution in [2.75, 3.05) is 40.3 Å². The average molecular weight is 527 g/mol. The minimum absolute atomic E-state index is 0.0456. The van der Waals surface area contributed by atoms with E-state index in [1.54, 1.807) is 49.3 Å². The van der Waals surface area contributed by atoms with Crippen LogP contribution in [0, 0.1) is 0 Å². The Balaban J connectivity index is 0.000000260. The largest absolute Gasteiger partial charge is 0.394 e. The molecule has 7 nitrogen and oxygen atoms in total. The van der Waals surface area contributed by atoms with Crippen LogP contribution < -0.4 is 5.32 Å². The van der Waals surface area contributed by atoms with Crippen molar-refractivity contribution in [2.45, 2.75) is 38.0 Å². The van der Waals surface area contributed by atoms with Crippen molar-refractivity contribution < 1.29 is 32.3 Å². The minimum atomic E-state index is -2.78. The average Bonchev–Trinajstić information content (AvgIpc) is 2.87. The summed E-state index contributed by atoms with van der Waals surface area (Å²) in [5.74, 6) is -0.705. The first kappa shape index (κ1) is 30.2. The third-order valence-electron chi connectivity index (χ3n) is 5.83. The van der Waals surface area contributed by atoms with Gasteiger partial charge in [-0.25, -0.2) is 17.6 Å². The maximum absolute atomic E-state index is 13.0. The molecule has 0 saturated carbocycles. The fraction of sp³-hybridized carbons (Fsp3) is 0.462. The van der Waals surface area contributed by atoms with Gasteiger partial charge in [-0.15, -0.1) is 0 Å². The number of aliphatic hydroxyl groups is 1. The monoisotopic (exact) mass is 526 g/mol. The molecule has 1 aliphatic heterocycles. The maximum Gasteiger partial charge on any atom is 0.260 e. The molecular weight excluding hydrogens is 492 g/mol. The summed E-state index contributed by atoms with van der Waals surface area (Å²) >= 11 is 0. The molecule has 0 aromatic heterocycles. The zero-order valence-corrected chi connectivity index (χ0v) is 20.9. The number of nitrogens with one attached hydrogen (secondary N) is 1. The van der Waals surface area contributed by atoms with Crippen molar-refractivity contribution in [1.82, 2.24) is 20.0 Å². The van der Waals surface area contributed by atoms with Crippen LogP contribution in [0.5, 0.6) is 0 Å². The highest BCUT2D eigenvalue weighted by Crippen LogP contribution is 2.19. The van der Waals surface area contributed by atoms with Crippen molar-refractivity contribution in [3.05, 3.63) is 71.8 Å². The van der Waals surface area contributed by atoms with E-state index in [2.05, 4.69) is 5.32 Å². The number of amides is 2. The molecule has 1 saturated heterocycles. The Bertz CT molecular complexity index is 953. The van der Waals surface area contributed by atoms with Gasteiger partial charge >= 0.3 is 0 Å². The summed E-state index contributed by atoms with van der Waals surface area (Å²) in [7, 11) is 3.25. The van der Waals surface area contributed by atoms with Crippen LogP contribution in [0.2, 0.25) is 0 Å². The maximum atomic E-state index is 13.0. The number of carbonyl (C=O) groups is 2. The molecule has 0 spiro atoms. The first-order valence-electron chi connectivity index (χ1n) is 11.8. The number of carbonyl (C=O) groups excluding carboxylic acids is 2. The quantitative estimate of drug-likeness (QED) is 0.466. The van der Waals surface area contributed by atoms with Crippen LogP contribution in [0.1, 0.15) is 11.1 Å². The SMILES string of the molecule is CN1CC(=O)N(Cc2ccccc2)[C@H](C(F)F)C1.CNCC(=O)N(Cc1ccccc1)[C@@H](CO)C(F)F. The molecular formula is C26H34F4N4O3. The standard InChI is InChI=1S/C13H18F2N2O2.C13H16F2N2O/c1-16-7-12(19)17(11(9-18)13(14)15)8-10-5-3-2-4-6-10;1-16-8-11(13(14)15)17(12(18)9-16)7-10-5-3-2-4-6-10/h2-6,11,13,16,18H,7-9H2,1H3;2-6,11,13H,7-9H2,1H3/t2*11-/m00/s1. The van der Waals surface area contributed by atoms with Crippen LogP contribution in [0.3, 0.4) is 0 Å². The van der Waals surface area contributed by atoms with Crippen LogP contribution in [-0.4, -0.2) is 96.9 Å². The molecule has 0 bridgehead atoms. The lowest BCUT2D eigenvalue weighted by atomic mass is 10.1. The lowest BCUT2D eigenvalue weighted by molar-refractivity contribution is -0.145. The molecule has 2 atom stereocenters. The van der Waals surface area contributed by atoms with Gasteiger partial charge < -0.3 is 20.2 Å². The van der Waals surface area contributed by atoms with Crippen molar-refractivity contribution >= 4 is 11.8 Å². The Morgan fingerprint density at radius 3 is 2.11 bits per heavy atom. The van der Waals surface area contributed by atoms with Crippen molar-refractivity contribution in [3.8, 4) is 0 Å². The molecule has 204 valence electrons. The van der Waals surface area contributed by atoms with E-state index < -0.39 is 37.4 Å². The predicted molar refractivity (Wildman–Crippen MR) is 132 cm³/mol. The number of benzene rings is 2. The van der Waals surface area contributed by atoms with E-state index >= 15 is 0 Å². The van der Waals surface area contributed by atoms with Crippen LogP contribution in [0.4, 0.5) is 17.6 Å². The first-order valence-corrected chi connectivity index (χ1v) is 11.8. The fourth-order valence-electron chi connectivity index (χ4n) is 3.93. The smallest absolute Gasteiger partial charge is 0.260 e. The number of rotatable bonds is 10. The minimum Gasteiger partial charge on any atom is -0.394 e. The highest BCUT2D eigenvalue weighted by atomic mass is 19.3. The van der Waals surface area contributed by atoms with Crippen LogP contribution in [0.25, 0.3) is 0 Å². The molecule has 1 heterocycles. The van der Waals surface area contributed by atoms with Gasteiger partial charge in [-0.05, 0) is 25.2 Å². The number of piperazine rings is 1. The van der Waals surface area contributed by atoms with E-state index in [9.17, 15) is 27.2 Å². The van der Waals surface area contributed by atoms with Crippen LogP contribution >= 0.6 is 0 Å². The second-order valence-corrected chi connectivity index (χ2v) is 8.73. The Hall–Kier alpha value is -3.02. The molecule has 2 aromatic rings. The molecule has 2 amide bonds. The molecule has 1 fully saturated rings. The highest BCUT2D eigenvalue weighted by molar-refractivity contribution is 5.79. The third-order valence-corrected chi connectivity index (χ3v) is 5.83. The highest BCUT2D eigenvalue weighted by Gasteiger charge is 2.36. The van der Waals surface area contributed by atoms with E-state index in [4.69, 9.17) is 5.11 Å². The van der Waals surface area contributed by atoms with Gasteiger partial charge in [-0.3, -0.25) is 14.5 Å². The zero-order valence-electron chi connectivity index (χ0n) is 20.9. The molecule has 0 unspecified atom stereocenters. The van der Waals surface area contributed by atoms with Gasteiger partial charge in [0, 0.05) is 19.6 Å². The Morgan fingerprint density at radius 2 is 1.62 bits per heavy atom. The molecule has 3 rings (SSSR count). The predicted octanol–water partition coefficient (Wildman–Crippen LogP) is 2.45. The Labute approximate surface area is 214 Å². The van der Waals surface area contributed by atoms with Crippen molar-refractivity contribution in [1.29, 1.82) is 0 Å². The summed E-state index contributed by atoms with van der Waals surface area (Å²) in [6.45, 7) is -0.0816. The molecule has 1 aliphatic rings. The van der Waals surface area contributed by atoms with Gasteiger partial charge in [0.1, 0.15) is 12.1 Å². The Morgan fingerprint density at radius 1 is 1.05 bits per heavy atom. The van der Waals surface area contributed by atoms with E-state index in [-0.39, 0.29) is 38.6 Å². The number of hydrogen-bond acceptors (Lipinski definition) is 5. The number of halogens is 4. The number of nitrogens with zero attached hydrogens (tertiary/aromatic N) is 3. The molecule has 0 radical (unpaired) electrons. The normalized spacial score (nSPS) is 16.9. The third kappa shape index (κ3) is 9.42. The van der Waals surface area contributed by atoms with Gasteiger partial charge in [0.15, 0.2) is 0 Å². The molecule has 37 heavy (non-hydrogen) atoms. The summed E-state index contributed by atoms with van der Waals surface area (Å²) in [4.78, 5) is 27.7. The van der Waals surface area contributed by atoms with Gasteiger partial charge in [0.2, 0.25) is 11.8 Å². The van der Waals surface area contributed by atoms with Crippen molar-refractivity contribution in [3.63, 3.8) is 0 Å². The lowest BCUT2D eigenvalue weighted by Crippen LogP contribution is -2.57. The number of aliphatic hydroxyl groups excluding tert-OH is 1. The van der Waals surface area contributed by atoms with Crippen LogP contribution in [-0.2, 0) is 22.7 Å². The number of likely N-dealkylation sites (N-methyl/N-ethyl adjacent to an activating group) is 2. The lowest BCUT2D eigenvalue weighted by Gasteiger charge is -2.39. The van der Waals surface area contributed by atoms with E-state index in [0.29, 0.717) is 0 Å². The second-order valence-electron chi connectivity index (χ2n) is 8.73. The number of alkyl halides is 4. The molecule has 2 aromatic carbocycles. The fourth-order valence-corrected chi connectivity index (χ4v) is 3.93. The second kappa shape index (κ2) is 15.3. The molecule has 0 aliphatic carbocycles. The summed E-state index contributed by atoms with van der Waals surface area (Å²) in [6, 6.07) is 15.6. The molecule has 11 heteroatoms. The summed E-state index contributed by atoms with van der Waals surface area (Å²) in [5, 5.41) is 11.7. The van der Waals surface area contributed by atoms with Gasteiger partial charge in [0.05, 0.1) is 19.7 Å². The number of hydrogen-bond donors (Lipinski definition) is 2. The van der Waals surface area contributed by atoms with Gasteiger partial charge in [-0.1, -0.05) is 60.7 Å². The van der Waals surface area contributed by atoms with Crippen molar-refractivity contribution in [2.24, 2.45) is 0 Å². The van der Waals surface area contributed by atoms with Gasteiger partial charge in [0.25, 0.3) is 12.9 Å². The Kier molecular flexibility index (Phi) is 12.5. The first-order chi connectivity index (χ1) is 17.7. The van der Waals surface area contributed by atoms with E-state index in [1.807, 2.05) is 30.3 Å². The summed E-state index contributed by atoms with van der Waals surface area (Å²) in [6.07, 6.45) is -5.30. The molecule has 2 N–H and O–H groups in total. The topological polar surface area (TPSA) is 76.1 Å². The van der Waals surface area contributed by atoms with Gasteiger partial charge in [-0.2, -0.15) is 0 Å². The summed E-state index contributed by atoms with van der Waals surface area (Å²) in [5.41, 5.74) is 1.62. The van der Waals surface area contributed by atoms with E-state index in [0.717, 1.165) is 16.0 Å².